The zero-order valence-corrected chi connectivity index (χ0v) is 17.7. The number of carbonyl (C=O) groups excluding carboxylic acids is 1. The van der Waals surface area contributed by atoms with Gasteiger partial charge in [-0.25, -0.2) is 4.68 Å². The first-order valence-corrected chi connectivity index (χ1v) is 10.4. The predicted octanol–water partition coefficient (Wildman–Crippen LogP) is 4.01. The summed E-state index contributed by atoms with van der Waals surface area (Å²) in [5.74, 6) is 1.21. The monoisotopic (exact) mass is 405 g/mol. The maximum atomic E-state index is 13.0. The third-order valence-corrected chi connectivity index (χ3v) is 5.40. The molecule has 1 aromatic heterocycles. The van der Waals surface area contributed by atoms with E-state index in [9.17, 15) is 4.79 Å². The molecule has 1 aliphatic rings. The van der Waals surface area contributed by atoms with E-state index in [1.807, 2.05) is 29.8 Å². The largest absolute Gasteiger partial charge is 0.493 e. The Hall–Kier alpha value is -3.28. The molecular formula is C24H27N3O3. The second kappa shape index (κ2) is 8.61. The van der Waals surface area contributed by atoms with E-state index in [0.29, 0.717) is 30.3 Å². The third-order valence-electron chi connectivity index (χ3n) is 5.40. The molecular weight excluding hydrogens is 378 g/mol. The topological polar surface area (TPSA) is 65.4 Å². The van der Waals surface area contributed by atoms with Gasteiger partial charge in [0.1, 0.15) is 0 Å². The highest BCUT2D eigenvalue weighted by atomic mass is 16.5. The van der Waals surface area contributed by atoms with E-state index in [1.165, 1.54) is 5.56 Å². The summed E-state index contributed by atoms with van der Waals surface area (Å²) in [5.41, 5.74) is 5.88. The summed E-state index contributed by atoms with van der Waals surface area (Å²) in [6.45, 7) is 4.96. The Morgan fingerprint density at radius 2 is 1.93 bits per heavy atom. The second-order valence-electron chi connectivity index (χ2n) is 7.48. The summed E-state index contributed by atoms with van der Waals surface area (Å²) in [4.78, 5) is 13.0. The molecule has 156 valence electrons. The van der Waals surface area contributed by atoms with Gasteiger partial charge in [-0.2, -0.15) is 5.10 Å². The van der Waals surface area contributed by atoms with Gasteiger partial charge in [-0.05, 0) is 62.9 Å². The molecule has 0 fully saturated rings. The van der Waals surface area contributed by atoms with Crippen LogP contribution in [0, 0.1) is 6.92 Å². The quantitative estimate of drug-likeness (QED) is 0.645. The number of nitrogens with zero attached hydrogens (tertiary/aromatic N) is 2. The van der Waals surface area contributed by atoms with Crippen LogP contribution in [0.2, 0.25) is 0 Å². The lowest BCUT2D eigenvalue weighted by Crippen LogP contribution is -2.24. The van der Waals surface area contributed by atoms with E-state index in [2.05, 4.69) is 41.6 Å². The van der Waals surface area contributed by atoms with Crippen molar-refractivity contribution in [2.75, 3.05) is 13.7 Å². The third kappa shape index (κ3) is 3.90. The fraction of sp³-hybridized carbons (Fsp3) is 0.333. The molecule has 6 heteroatoms. The standard InChI is InChI=1S/C24H27N3O3/c1-4-30-21-13-10-17(14-22(21)29-3)15-25-24(28)23-19-6-5-7-20(19)27(26-23)18-11-8-16(2)9-12-18/h8-14H,4-7,15H2,1-3H3,(H,25,28). The fourth-order valence-corrected chi connectivity index (χ4v) is 3.88. The molecule has 0 spiro atoms. The Morgan fingerprint density at radius 3 is 2.67 bits per heavy atom. The highest BCUT2D eigenvalue weighted by Crippen LogP contribution is 2.29. The molecule has 2 aromatic carbocycles. The minimum absolute atomic E-state index is 0.146. The lowest BCUT2D eigenvalue weighted by Gasteiger charge is -2.11. The molecule has 1 amide bonds. The minimum Gasteiger partial charge on any atom is -0.493 e. The first-order valence-electron chi connectivity index (χ1n) is 10.4. The van der Waals surface area contributed by atoms with Crippen LogP contribution in [-0.4, -0.2) is 29.4 Å². The van der Waals surface area contributed by atoms with Gasteiger partial charge in [0.05, 0.1) is 19.4 Å². The first-order chi connectivity index (χ1) is 14.6. The van der Waals surface area contributed by atoms with E-state index in [1.54, 1.807) is 7.11 Å². The number of amides is 1. The van der Waals surface area contributed by atoms with Crippen molar-refractivity contribution < 1.29 is 14.3 Å². The summed E-state index contributed by atoms with van der Waals surface area (Å²) in [6.07, 6.45) is 2.88. The van der Waals surface area contributed by atoms with Crippen LogP contribution in [0.25, 0.3) is 5.69 Å². The van der Waals surface area contributed by atoms with Crippen molar-refractivity contribution in [3.05, 3.63) is 70.5 Å². The summed E-state index contributed by atoms with van der Waals surface area (Å²) in [5, 5.41) is 7.69. The first kappa shape index (κ1) is 20.0. The average Bonchev–Trinajstić information content (AvgIpc) is 3.36. The fourth-order valence-electron chi connectivity index (χ4n) is 3.88. The highest BCUT2D eigenvalue weighted by molar-refractivity contribution is 5.94. The molecule has 1 heterocycles. The smallest absolute Gasteiger partial charge is 0.272 e. The SMILES string of the molecule is CCOc1ccc(CNC(=O)c2nn(-c3ccc(C)cc3)c3c2CCC3)cc1OC. The molecule has 0 unspecified atom stereocenters. The normalized spacial score (nSPS) is 12.5. The summed E-state index contributed by atoms with van der Waals surface area (Å²) in [6, 6.07) is 13.9. The van der Waals surface area contributed by atoms with Crippen molar-refractivity contribution >= 4 is 5.91 Å². The second-order valence-corrected chi connectivity index (χ2v) is 7.48. The van der Waals surface area contributed by atoms with E-state index in [4.69, 9.17) is 9.47 Å². The van der Waals surface area contributed by atoms with Gasteiger partial charge in [0.25, 0.3) is 5.91 Å². The Labute approximate surface area is 176 Å². The van der Waals surface area contributed by atoms with E-state index < -0.39 is 0 Å². The van der Waals surface area contributed by atoms with Gasteiger partial charge >= 0.3 is 0 Å². The maximum absolute atomic E-state index is 13.0. The summed E-state index contributed by atoms with van der Waals surface area (Å²) in [7, 11) is 1.61. The van der Waals surface area contributed by atoms with Crippen LogP contribution in [0.5, 0.6) is 11.5 Å². The number of rotatable bonds is 7. The van der Waals surface area contributed by atoms with E-state index in [0.717, 1.165) is 41.8 Å². The molecule has 0 radical (unpaired) electrons. The Kier molecular flexibility index (Phi) is 5.74. The van der Waals surface area contributed by atoms with Gasteiger partial charge in [0, 0.05) is 17.8 Å². The molecule has 3 aromatic rings. The number of ether oxygens (including phenoxy) is 2. The van der Waals surface area contributed by atoms with E-state index >= 15 is 0 Å². The van der Waals surface area contributed by atoms with Gasteiger partial charge < -0.3 is 14.8 Å². The molecule has 0 atom stereocenters. The molecule has 1 aliphatic carbocycles. The Balaban J connectivity index is 1.53. The maximum Gasteiger partial charge on any atom is 0.272 e. The van der Waals surface area contributed by atoms with Crippen molar-refractivity contribution in [2.24, 2.45) is 0 Å². The van der Waals surface area contributed by atoms with Gasteiger partial charge in [-0.1, -0.05) is 23.8 Å². The van der Waals surface area contributed by atoms with Gasteiger partial charge in [-0.15, -0.1) is 0 Å². The minimum atomic E-state index is -0.146. The van der Waals surface area contributed by atoms with Gasteiger partial charge in [0.2, 0.25) is 0 Å². The summed E-state index contributed by atoms with van der Waals surface area (Å²) >= 11 is 0. The molecule has 6 nitrogen and oxygen atoms in total. The molecule has 0 saturated carbocycles. The van der Waals surface area contributed by atoms with Crippen molar-refractivity contribution in [2.45, 2.75) is 39.7 Å². The number of aryl methyl sites for hydroxylation is 1. The number of benzene rings is 2. The van der Waals surface area contributed by atoms with Crippen LogP contribution < -0.4 is 14.8 Å². The zero-order valence-electron chi connectivity index (χ0n) is 17.7. The van der Waals surface area contributed by atoms with Crippen molar-refractivity contribution in [3.8, 4) is 17.2 Å². The van der Waals surface area contributed by atoms with Crippen molar-refractivity contribution in [1.82, 2.24) is 15.1 Å². The summed E-state index contributed by atoms with van der Waals surface area (Å²) < 4.78 is 12.9. The van der Waals surface area contributed by atoms with Crippen LogP contribution in [-0.2, 0) is 19.4 Å². The van der Waals surface area contributed by atoms with E-state index in [-0.39, 0.29) is 5.91 Å². The molecule has 30 heavy (non-hydrogen) atoms. The van der Waals surface area contributed by atoms with Gasteiger partial charge in [0.15, 0.2) is 17.2 Å². The lowest BCUT2D eigenvalue weighted by molar-refractivity contribution is 0.0944. The van der Waals surface area contributed by atoms with Crippen LogP contribution in [0.15, 0.2) is 42.5 Å². The van der Waals surface area contributed by atoms with Crippen LogP contribution >= 0.6 is 0 Å². The number of methoxy groups -OCH3 is 1. The zero-order chi connectivity index (χ0) is 21.1. The number of nitrogens with one attached hydrogen (secondary N) is 1. The predicted molar refractivity (Wildman–Crippen MR) is 116 cm³/mol. The Morgan fingerprint density at radius 1 is 1.13 bits per heavy atom. The van der Waals surface area contributed by atoms with Crippen LogP contribution in [0.1, 0.15) is 46.2 Å². The molecule has 0 saturated heterocycles. The molecule has 0 aliphatic heterocycles. The molecule has 1 N–H and O–H groups in total. The van der Waals surface area contributed by atoms with Gasteiger partial charge in [-0.3, -0.25) is 4.79 Å². The number of carbonyl (C=O) groups is 1. The number of fused-ring (bicyclic) bond motifs is 1. The van der Waals surface area contributed by atoms with Crippen LogP contribution in [0.4, 0.5) is 0 Å². The van der Waals surface area contributed by atoms with Crippen molar-refractivity contribution in [1.29, 1.82) is 0 Å². The number of aromatic nitrogens is 2. The Bertz CT molecular complexity index is 1050. The average molecular weight is 405 g/mol. The molecule has 0 bridgehead atoms. The highest BCUT2D eigenvalue weighted by Gasteiger charge is 2.26. The van der Waals surface area contributed by atoms with Crippen molar-refractivity contribution in [3.63, 3.8) is 0 Å². The van der Waals surface area contributed by atoms with Crippen LogP contribution in [0.3, 0.4) is 0 Å². The lowest BCUT2D eigenvalue weighted by atomic mass is 10.1. The number of hydrogen-bond acceptors (Lipinski definition) is 4. The molecule has 4 rings (SSSR count). The number of hydrogen-bond donors (Lipinski definition) is 1.